The van der Waals surface area contributed by atoms with E-state index in [0.717, 1.165) is 6.26 Å². The van der Waals surface area contributed by atoms with Crippen LogP contribution in [-0.2, 0) is 14.8 Å². The van der Waals surface area contributed by atoms with E-state index >= 15 is 0 Å². The van der Waals surface area contributed by atoms with Crippen molar-refractivity contribution in [2.45, 2.75) is 32.0 Å². The normalized spacial score (nSPS) is 18.1. The minimum absolute atomic E-state index is 0.189. The molecule has 2 N–H and O–H groups in total. The Kier molecular flexibility index (Phi) is 4.86. The fourth-order valence-electron chi connectivity index (χ4n) is 2.29. The highest BCUT2D eigenvalue weighted by Gasteiger charge is 2.31. The van der Waals surface area contributed by atoms with Gasteiger partial charge in [-0.1, -0.05) is 12.1 Å². The summed E-state index contributed by atoms with van der Waals surface area (Å²) in [6, 6.07) is 6.94. The molecule has 0 saturated heterocycles. The van der Waals surface area contributed by atoms with Crippen LogP contribution >= 0.6 is 0 Å². The molecule has 0 aliphatic carbocycles. The predicted molar refractivity (Wildman–Crippen MR) is 87.0 cm³/mol. The Morgan fingerprint density at radius 3 is 2.70 bits per heavy atom. The molecule has 1 atom stereocenters. The van der Waals surface area contributed by atoms with E-state index < -0.39 is 21.5 Å². The number of anilines is 1. The van der Waals surface area contributed by atoms with Crippen molar-refractivity contribution >= 4 is 21.6 Å². The number of nitrogens with zero attached hydrogens (tertiary/aromatic N) is 1. The van der Waals surface area contributed by atoms with Gasteiger partial charge in [-0.3, -0.25) is 9.10 Å². The maximum Gasteiger partial charge on any atom is 0.251 e. The number of carbonyl (C=O) groups excluding carboxylic acids is 1. The van der Waals surface area contributed by atoms with Crippen LogP contribution in [0.25, 0.3) is 0 Å². The van der Waals surface area contributed by atoms with Crippen molar-refractivity contribution in [1.29, 1.82) is 0 Å². The van der Waals surface area contributed by atoms with E-state index in [-0.39, 0.29) is 19.2 Å². The molecule has 1 heterocycles. The number of benzene rings is 1. The van der Waals surface area contributed by atoms with E-state index in [9.17, 15) is 18.3 Å². The van der Waals surface area contributed by atoms with Gasteiger partial charge >= 0.3 is 0 Å². The Morgan fingerprint density at radius 1 is 1.43 bits per heavy atom. The molecule has 1 aromatic carbocycles. The lowest BCUT2D eigenvalue weighted by Crippen LogP contribution is -2.46. The lowest BCUT2D eigenvalue weighted by atomic mass is 10.1. The van der Waals surface area contributed by atoms with Gasteiger partial charge in [0.05, 0.1) is 18.5 Å². The fourth-order valence-corrected chi connectivity index (χ4v) is 3.24. The highest BCUT2D eigenvalue weighted by molar-refractivity contribution is 7.92. The minimum Gasteiger partial charge on any atom is -0.486 e. The molecule has 23 heavy (non-hydrogen) atoms. The van der Waals surface area contributed by atoms with E-state index in [4.69, 9.17) is 4.74 Å². The summed E-state index contributed by atoms with van der Waals surface area (Å²) in [5.74, 6) is 0.0247. The fraction of sp³-hybridized carbons (Fsp3) is 0.533. The quantitative estimate of drug-likeness (QED) is 0.812. The van der Waals surface area contributed by atoms with Gasteiger partial charge in [0.15, 0.2) is 0 Å². The van der Waals surface area contributed by atoms with E-state index in [2.05, 4.69) is 5.32 Å². The third-order valence-electron chi connectivity index (χ3n) is 3.50. The van der Waals surface area contributed by atoms with Crippen molar-refractivity contribution in [1.82, 2.24) is 5.32 Å². The van der Waals surface area contributed by atoms with Crippen LogP contribution < -0.4 is 14.4 Å². The molecule has 0 radical (unpaired) electrons. The second kappa shape index (κ2) is 6.37. The maximum atomic E-state index is 12.0. The maximum absolute atomic E-state index is 12.0. The van der Waals surface area contributed by atoms with Crippen LogP contribution in [0.2, 0.25) is 0 Å². The van der Waals surface area contributed by atoms with E-state index in [0.29, 0.717) is 17.9 Å². The number of aliphatic hydroxyl groups is 1. The first kappa shape index (κ1) is 17.6. The first-order chi connectivity index (χ1) is 10.6. The van der Waals surface area contributed by atoms with Gasteiger partial charge in [-0.05, 0) is 26.0 Å². The Morgan fingerprint density at radius 2 is 2.09 bits per heavy atom. The lowest BCUT2D eigenvalue weighted by molar-refractivity contribution is -0.136. The van der Waals surface area contributed by atoms with Gasteiger partial charge in [-0.2, -0.15) is 0 Å². The molecule has 2 rings (SSSR count). The van der Waals surface area contributed by atoms with Crippen LogP contribution in [0.1, 0.15) is 20.3 Å². The number of fused-ring (bicyclic) bond motifs is 1. The monoisotopic (exact) mass is 342 g/mol. The second-order valence-electron chi connectivity index (χ2n) is 6.11. The van der Waals surface area contributed by atoms with Gasteiger partial charge in [0.25, 0.3) is 5.91 Å². The molecule has 7 nitrogen and oxygen atoms in total. The molecule has 0 spiro atoms. The first-order valence-corrected chi connectivity index (χ1v) is 9.18. The highest BCUT2D eigenvalue weighted by atomic mass is 32.2. The largest absolute Gasteiger partial charge is 0.486 e. The third kappa shape index (κ3) is 4.35. The minimum atomic E-state index is -3.41. The molecule has 8 heteroatoms. The van der Waals surface area contributed by atoms with Crippen molar-refractivity contribution < 1.29 is 23.1 Å². The zero-order chi connectivity index (χ0) is 17.3. The van der Waals surface area contributed by atoms with Gasteiger partial charge in [0.2, 0.25) is 10.0 Å². The average Bonchev–Trinajstić information content (AvgIpc) is 2.44. The zero-order valence-electron chi connectivity index (χ0n) is 13.4. The summed E-state index contributed by atoms with van der Waals surface area (Å²) >= 11 is 0. The Bertz CT molecular complexity index is 681. The molecule has 0 aromatic heterocycles. The van der Waals surface area contributed by atoms with Crippen LogP contribution in [-0.4, -0.2) is 50.5 Å². The number of rotatable bonds is 5. The molecule has 1 aliphatic heterocycles. The molecule has 1 unspecified atom stereocenters. The van der Waals surface area contributed by atoms with E-state index in [1.165, 1.54) is 18.2 Å². The van der Waals surface area contributed by atoms with E-state index in [1.54, 1.807) is 24.3 Å². The summed E-state index contributed by atoms with van der Waals surface area (Å²) in [6.07, 6.45) is 1.21. The number of amides is 1. The number of hydrogen-bond acceptors (Lipinski definition) is 5. The van der Waals surface area contributed by atoms with Crippen molar-refractivity contribution in [2.24, 2.45) is 0 Å². The SMILES string of the molecule is CC(C)(O)C(=O)NCCC1CN(S(C)(=O)=O)c2ccccc2O1. The number of sulfonamides is 1. The number of carbonyl (C=O) groups is 1. The summed E-state index contributed by atoms with van der Waals surface area (Å²) in [5.41, 5.74) is -0.925. The highest BCUT2D eigenvalue weighted by Crippen LogP contribution is 2.35. The summed E-state index contributed by atoms with van der Waals surface area (Å²) in [6.45, 7) is 3.28. The first-order valence-electron chi connectivity index (χ1n) is 7.33. The number of ether oxygens (including phenoxy) is 1. The van der Waals surface area contributed by atoms with Crippen molar-refractivity contribution in [2.75, 3.05) is 23.7 Å². The van der Waals surface area contributed by atoms with Gasteiger partial charge in [0, 0.05) is 13.0 Å². The topological polar surface area (TPSA) is 95.9 Å². The van der Waals surface area contributed by atoms with Crippen molar-refractivity contribution in [3.63, 3.8) is 0 Å². The third-order valence-corrected chi connectivity index (χ3v) is 4.65. The van der Waals surface area contributed by atoms with Crippen LogP contribution in [0, 0.1) is 0 Å². The number of para-hydroxylation sites is 2. The molecular formula is C15H22N2O5S. The van der Waals surface area contributed by atoms with Gasteiger partial charge < -0.3 is 15.2 Å². The molecule has 0 bridgehead atoms. The van der Waals surface area contributed by atoms with Gasteiger partial charge in [0.1, 0.15) is 17.5 Å². The zero-order valence-corrected chi connectivity index (χ0v) is 14.3. The predicted octanol–water partition coefficient (Wildman–Crippen LogP) is 0.491. The molecule has 0 saturated carbocycles. The molecule has 1 amide bonds. The number of hydrogen-bond donors (Lipinski definition) is 2. The summed E-state index contributed by atoms with van der Waals surface area (Å²) < 4.78 is 31.1. The molecule has 0 fully saturated rings. The number of nitrogens with one attached hydrogen (secondary N) is 1. The van der Waals surface area contributed by atoms with Gasteiger partial charge in [-0.15, -0.1) is 0 Å². The van der Waals surface area contributed by atoms with Crippen LogP contribution in [0.5, 0.6) is 5.75 Å². The van der Waals surface area contributed by atoms with Crippen LogP contribution in [0.15, 0.2) is 24.3 Å². The molecular weight excluding hydrogens is 320 g/mol. The summed E-state index contributed by atoms with van der Waals surface area (Å²) in [5, 5.41) is 12.2. The smallest absolute Gasteiger partial charge is 0.251 e. The van der Waals surface area contributed by atoms with Crippen molar-refractivity contribution in [3.05, 3.63) is 24.3 Å². The lowest BCUT2D eigenvalue weighted by Gasteiger charge is -2.34. The van der Waals surface area contributed by atoms with Gasteiger partial charge in [-0.25, -0.2) is 8.42 Å². The Balaban J connectivity index is 2.05. The summed E-state index contributed by atoms with van der Waals surface area (Å²) in [4.78, 5) is 11.6. The van der Waals surface area contributed by atoms with E-state index in [1.807, 2.05) is 0 Å². The molecule has 1 aliphatic rings. The Hall–Kier alpha value is -1.80. The second-order valence-corrected chi connectivity index (χ2v) is 8.01. The molecule has 128 valence electrons. The van der Waals surface area contributed by atoms with Crippen molar-refractivity contribution in [3.8, 4) is 5.75 Å². The van der Waals surface area contributed by atoms with Crippen LogP contribution in [0.4, 0.5) is 5.69 Å². The van der Waals surface area contributed by atoms with Crippen LogP contribution in [0.3, 0.4) is 0 Å². The molecule has 1 aromatic rings. The average molecular weight is 342 g/mol. The standard InChI is InChI=1S/C15H22N2O5S/c1-15(2,19)14(18)16-9-8-11-10-17(23(3,20)21)12-6-4-5-7-13(12)22-11/h4-7,11,19H,8-10H2,1-3H3,(H,16,18). The Labute approximate surface area is 136 Å². The summed E-state index contributed by atoms with van der Waals surface area (Å²) in [7, 11) is -3.41.